The summed E-state index contributed by atoms with van der Waals surface area (Å²) in [4.78, 5) is 9.37. The van der Waals surface area contributed by atoms with Gasteiger partial charge < -0.3 is 19.1 Å². The van der Waals surface area contributed by atoms with Crippen molar-refractivity contribution >= 4 is 0 Å². The topological polar surface area (TPSA) is 69.4 Å². The monoisotopic (exact) mass is 547 g/mol. The highest BCUT2D eigenvalue weighted by atomic mass is 16.5. The lowest BCUT2D eigenvalue weighted by molar-refractivity contribution is 0.393. The summed E-state index contributed by atoms with van der Waals surface area (Å²) in [6, 6.07) is 26.7. The summed E-state index contributed by atoms with van der Waals surface area (Å²) in [5.74, 6) is 3.46. The van der Waals surface area contributed by atoms with Crippen molar-refractivity contribution in [3.63, 3.8) is 0 Å². The Labute approximate surface area is 242 Å². The Morgan fingerprint density at radius 2 is 1.39 bits per heavy atom. The molecule has 0 aliphatic carbocycles. The van der Waals surface area contributed by atoms with E-state index in [4.69, 9.17) is 14.5 Å². The molecule has 6 nitrogen and oxygen atoms in total. The molecule has 0 unspecified atom stereocenters. The van der Waals surface area contributed by atoms with Gasteiger partial charge in [0.05, 0.1) is 5.69 Å². The van der Waals surface area contributed by atoms with Gasteiger partial charge in [0.2, 0.25) is 11.8 Å². The van der Waals surface area contributed by atoms with Crippen molar-refractivity contribution in [3.8, 4) is 34.7 Å². The zero-order valence-electron chi connectivity index (χ0n) is 24.5. The van der Waals surface area contributed by atoms with E-state index in [1.807, 2.05) is 24.4 Å². The van der Waals surface area contributed by atoms with Crippen LogP contribution in [0.25, 0.3) is 5.69 Å². The number of hydrogen-bond donors (Lipinski definition) is 1. The maximum atomic E-state index is 10.0. The van der Waals surface area contributed by atoms with Gasteiger partial charge in [-0.3, -0.25) is 0 Å². The predicted molar refractivity (Wildman–Crippen MR) is 163 cm³/mol. The standard InChI is InChI=1S/C35H37N3O3/c1-23(2)27-14-10-15-28(24(3)4)33(27)38-21-20-36-34(38)35(5,6)25-12-9-13-26(22-25)40-31-18-11-19-32(37-31)41-30-17-8-7-16-29(30)39/h7-24,39H,1-6H3. The van der Waals surface area contributed by atoms with Crippen molar-refractivity contribution in [2.24, 2.45) is 0 Å². The number of ether oxygens (including phenoxy) is 2. The molecule has 0 atom stereocenters. The molecule has 0 saturated carbocycles. The third-order valence-corrected chi connectivity index (χ3v) is 7.34. The summed E-state index contributed by atoms with van der Waals surface area (Å²) < 4.78 is 14.2. The number of para-hydroxylation sites is 3. The Hall–Kier alpha value is -4.58. The van der Waals surface area contributed by atoms with Crippen LogP contribution in [0, 0.1) is 0 Å². The largest absolute Gasteiger partial charge is 0.504 e. The molecule has 2 heterocycles. The van der Waals surface area contributed by atoms with Crippen LogP contribution in [0.4, 0.5) is 0 Å². The van der Waals surface area contributed by atoms with Crippen LogP contribution < -0.4 is 9.47 Å². The van der Waals surface area contributed by atoms with Crippen LogP contribution in [0.2, 0.25) is 0 Å². The number of aromatic nitrogens is 3. The van der Waals surface area contributed by atoms with Crippen LogP contribution in [-0.4, -0.2) is 19.6 Å². The number of imidazole rings is 1. The normalized spacial score (nSPS) is 11.7. The molecule has 0 radical (unpaired) electrons. The maximum Gasteiger partial charge on any atom is 0.222 e. The van der Waals surface area contributed by atoms with Gasteiger partial charge in [0.15, 0.2) is 11.5 Å². The van der Waals surface area contributed by atoms with Crippen molar-refractivity contribution in [1.82, 2.24) is 14.5 Å². The van der Waals surface area contributed by atoms with Gasteiger partial charge >= 0.3 is 0 Å². The fourth-order valence-corrected chi connectivity index (χ4v) is 5.10. The number of hydrogen-bond acceptors (Lipinski definition) is 5. The fourth-order valence-electron chi connectivity index (χ4n) is 5.10. The third kappa shape index (κ3) is 5.82. The SMILES string of the molecule is CC(C)c1cccc(C(C)C)c1-n1ccnc1C(C)(C)c1cccc(Oc2cccc(Oc3ccccc3O)n2)c1. The van der Waals surface area contributed by atoms with Crippen molar-refractivity contribution < 1.29 is 14.6 Å². The lowest BCUT2D eigenvalue weighted by Gasteiger charge is -2.29. The molecule has 0 spiro atoms. The molecule has 0 aliphatic heterocycles. The second-order valence-electron chi connectivity index (χ2n) is 11.4. The Kier molecular flexibility index (Phi) is 7.84. The van der Waals surface area contributed by atoms with E-state index < -0.39 is 5.41 Å². The molecule has 0 aliphatic rings. The number of phenolic OH excluding ortho intramolecular Hbond substituents is 1. The van der Waals surface area contributed by atoms with Crippen LogP contribution in [0.3, 0.4) is 0 Å². The zero-order chi connectivity index (χ0) is 29.1. The first-order chi connectivity index (χ1) is 19.6. The van der Waals surface area contributed by atoms with Crippen LogP contribution in [0.5, 0.6) is 29.0 Å². The van der Waals surface area contributed by atoms with E-state index in [0.717, 1.165) is 11.4 Å². The molecular formula is C35H37N3O3. The Bertz CT molecular complexity index is 1630. The highest BCUT2D eigenvalue weighted by Crippen LogP contribution is 2.38. The van der Waals surface area contributed by atoms with Gasteiger partial charge in [-0.1, -0.05) is 76.2 Å². The molecule has 41 heavy (non-hydrogen) atoms. The van der Waals surface area contributed by atoms with Crippen molar-refractivity contribution in [2.75, 3.05) is 0 Å². The second kappa shape index (κ2) is 11.5. The summed E-state index contributed by atoms with van der Waals surface area (Å²) in [5.41, 5.74) is 4.47. The minimum atomic E-state index is -0.426. The molecular weight excluding hydrogens is 510 g/mol. The second-order valence-corrected chi connectivity index (χ2v) is 11.4. The fraction of sp³-hybridized carbons (Fsp3) is 0.257. The van der Waals surface area contributed by atoms with Crippen LogP contribution >= 0.6 is 0 Å². The molecule has 0 fully saturated rings. The Morgan fingerprint density at radius 3 is 2.07 bits per heavy atom. The summed E-state index contributed by atoms with van der Waals surface area (Å²) in [5, 5.41) is 10.0. The Balaban J connectivity index is 1.46. The van der Waals surface area contributed by atoms with E-state index >= 15 is 0 Å². The van der Waals surface area contributed by atoms with E-state index in [1.165, 1.54) is 16.8 Å². The lowest BCUT2D eigenvalue weighted by atomic mass is 9.83. The minimum absolute atomic E-state index is 0.0467. The molecule has 210 valence electrons. The molecule has 2 aromatic heterocycles. The molecule has 0 amide bonds. The average molecular weight is 548 g/mol. The first-order valence-corrected chi connectivity index (χ1v) is 14.0. The third-order valence-electron chi connectivity index (χ3n) is 7.34. The van der Waals surface area contributed by atoms with Crippen molar-refractivity contribution in [3.05, 3.63) is 120 Å². The number of phenols is 1. The smallest absolute Gasteiger partial charge is 0.222 e. The highest BCUT2D eigenvalue weighted by Gasteiger charge is 2.30. The average Bonchev–Trinajstić information content (AvgIpc) is 3.45. The minimum Gasteiger partial charge on any atom is -0.504 e. The van der Waals surface area contributed by atoms with Gasteiger partial charge in [-0.15, -0.1) is 0 Å². The van der Waals surface area contributed by atoms with E-state index in [2.05, 4.69) is 81.6 Å². The number of nitrogens with zero attached hydrogens (tertiary/aromatic N) is 3. The maximum absolute atomic E-state index is 10.0. The highest BCUT2D eigenvalue weighted by molar-refractivity contribution is 5.53. The summed E-state index contributed by atoms with van der Waals surface area (Å²) in [7, 11) is 0. The molecule has 1 N–H and O–H groups in total. The molecule has 0 saturated heterocycles. The Morgan fingerprint density at radius 1 is 0.756 bits per heavy atom. The van der Waals surface area contributed by atoms with Gasteiger partial charge in [-0.05, 0) is 66.6 Å². The van der Waals surface area contributed by atoms with Gasteiger partial charge in [-0.25, -0.2) is 4.98 Å². The summed E-state index contributed by atoms with van der Waals surface area (Å²) in [6.45, 7) is 13.3. The van der Waals surface area contributed by atoms with Gasteiger partial charge in [0.1, 0.15) is 11.6 Å². The van der Waals surface area contributed by atoms with Crippen LogP contribution in [0.1, 0.15) is 75.9 Å². The van der Waals surface area contributed by atoms with E-state index in [-0.39, 0.29) is 5.75 Å². The number of aromatic hydroxyl groups is 1. The van der Waals surface area contributed by atoms with Crippen molar-refractivity contribution in [2.45, 2.75) is 58.8 Å². The summed E-state index contributed by atoms with van der Waals surface area (Å²) in [6.07, 6.45) is 3.96. The van der Waals surface area contributed by atoms with E-state index in [1.54, 1.807) is 42.5 Å². The lowest BCUT2D eigenvalue weighted by Crippen LogP contribution is -2.25. The molecule has 5 rings (SSSR count). The van der Waals surface area contributed by atoms with Gasteiger partial charge in [0, 0.05) is 29.9 Å². The van der Waals surface area contributed by atoms with E-state index in [9.17, 15) is 5.11 Å². The van der Waals surface area contributed by atoms with Gasteiger partial charge in [0.25, 0.3) is 0 Å². The molecule has 3 aromatic carbocycles. The number of pyridine rings is 1. The quantitative estimate of drug-likeness (QED) is 0.199. The number of benzene rings is 3. The predicted octanol–water partition coefficient (Wildman–Crippen LogP) is 9.13. The van der Waals surface area contributed by atoms with E-state index in [0.29, 0.717) is 35.1 Å². The van der Waals surface area contributed by atoms with Crippen LogP contribution in [-0.2, 0) is 5.41 Å². The van der Waals surface area contributed by atoms with Crippen LogP contribution in [0.15, 0.2) is 97.3 Å². The van der Waals surface area contributed by atoms with Gasteiger partial charge in [-0.2, -0.15) is 4.98 Å². The summed E-state index contributed by atoms with van der Waals surface area (Å²) >= 11 is 0. The molecule has 6 heteroatoms. The molecule has 0 bridgehead atoms. The van der Waals surface area contributed by atoms with Crippen molar-refractivity contribution in [1.29, 1.82) is 0 Å². The molecule has 5 aromatic rings. The zero-order valence-corrected chi connectivity index (χ0v) is 24.5. The number of rotatable bonds is 9. The first kappa shape index (κ1) is 28.0. The first-order valence-electron chi connectivity index (χ1n) is 14.0.